The van der Waals surface area contributed by atoms with E-state index in [9.17, 15) is 4.79 Å². The van der Waals surface area contributed by atoms with Gasteiger partial charge in [0.15, 0.2) is 5.13 Å². The Morgan fingerprint density at radius 1 is 1.59 bits per heavy atom. The van der Waals surface area contributed by atoms with Gasteiger partial charge in [0.05, 0.1) is 5.69 Å². The number of anilines is 1. The lowest BCUT2D eigenvalue weighted by Gasteiger charge is -2.37. The fourth-order valence-electron chi connectivity index (χ4n) is 2.10. The first-order chi connectivity index (χ1) is 8.02. The third-order valence-electron chi connectivity index (χ3n) is 3.34. The average molecular weight is 253 g/mol. The van der Waals surface area contributed by atoms with Gasteiger partial charge in [0.1, 0.15) is 0 Å². The van der Waals surface area contributed by atoms with Crippen LogP contribution < -0.4 is 11.1 Å². The third-order valence-corrected chi connectivity index (χ3v) is 4.26. The zero-order chi connectivity index (χ0) is 12.5. The summed E-state index contributed by atoms with van der Waals surface area (Å²) in [5.41, 5.74) is 6.85. The molecular formula is C12H19N3OS. The number of carbonyl (C=O) groups is 1. The lowest BCUT2D eigenvalue weighted by Crippen LogP contribution is -2.48. The van der Waals surface area contributed by atoms with Gasteiger partial charge in [-0.15, -0.1) is 11.3 Å². The molecule has 94 valence electrons. The van der Waals surface area contributed by atoms with Gasteiger partial charge in [-0.25, -0.2) is 4.98 Å². The van der Waals surface area contributed by atoms with Crippen LogP contribution in [0.5, 0.6) is 0 Å². The molecule has 1 aromatic rings. The summed E-state index contributed by atoms with van der Waals surface area (Å²) in [7, 11) is 0. The molecule has 0 bridgehead atoms. The second-order valence-electron chi connectivity index (χ2n) is 4.82. The fourth-order valence-corrected chi connectivity index (χ4v) is 3.02. The smallest absolute Gasteiger partial charge is 0.228 e. The van der Waals surface area contributed by atoms with Gasteiger partial charge < -0.3 is 11.1 Å². The number of rotatable bonds is 4. The van der Waals surface area contributed by atoms with Crippen LogP contribution in [0.25, 0.3) is 0 Å². The highest BCUT2D eigenvalue weighted by Crippen LogP contribution is 2.32. The maximum Gasteiger partial charge on any atom is 0.228 e. The molecule has 0 atom stereocenters. The number of amides is 1. The van der Waals surface area contributed by atoms with Crippen LogP contribution >= 0.6 is 11.3 Å². The summed E-state index contributed by atoms with van der Waals surface area (Å²) >= 11 is 1.54. The van der Waals surface area contributed by atoms with Gasteiger partial charge in [-0.1, -0.05) is 6.92 Å². The molecule has 4 nitrogen and oxygen atoms in total. The van der Waals surface area contributed by atoms with Crippen molar-refractivity contribution in [3.63, 3.8) is 0 Å². The Hall–Kier alpha value is -0.940. The zero-order valence-corrected chi connectivity index (χ0v) is 11.2. The number of aryl methyl sites for hydroxylation is 2. The van der Waals surface area contributed by atoms with Crippen LogP contribution in [0, 0.1) is 6.92 Å². The van der Waals surface area contributed by atoms with Gasteiger partial charge in [0.25, 0.3) is 0 Å². The highest BCUT2D eigenvalue weighted by molar-refractivity contribution is 7.15. The lowest BCUT2D eigenvalue weighted by atomic mass is 9.75. The molecule has 1 aliphatic rings. The number of nitrogens with one attached hydrogen (secondary N) is 1. The Morgan fingerprint density at radius 3 is 2.76 bits per heavy atom. The van der Waals surface area contributed by atoms with Gasteiger partial charge in [-0.3, -0.25) is 4.79 Å². The number of carbonyl (C=O) groups excluding carboxylic acids is 1. The Bertz CT molecular complexity index is 423. The minimum absolute atomic E-state index is 0.0106. The van der Waals surface area contributed by atoms with Crippen molar-refractivity contribution in [2.45, 2.75) is 51.5 Å². The Morgan fingerprint density at radius 2 is 2.29 bits per heavy atom. The molecule has 0 radical (unpaired) electrons. The van der Waals surface area contributed by atoms with Crippen molar-refractivity contribution in [3.05, 3.63) is 10.6 Å². The normalized spacial score (nSPS) is 17.6. The summed E-state index contributed by atoms with van der Waals surface area (Å²) < 4.78 is 0. The topological polar surface area (TPSA) is 68.0 Å². The molecule has 5 heteroatoms. The average Bonchev–Trinajstić information content (AvgIpc) is 2.56. The second kappa shape index (κ2) is 4.74. The maximum absolute atomic E-state index is 11.8. The van der Waals surface area contributed by atoms with Gasteiger partial charge in [0, 0.05) is 16.8 Å². The molecule has 1 heterocycles. The monoisotopic (exact) mass is 253 g/mol. The summed E-state index contributed by atoms with van der Waals surface area (Å²) in [6.07, 6.45) is 4.36. The Kier molecular flexibility index (Phi) is 3.49. The van der Waals surface area contributed by atoms with Crippen LogP contribution in [-0.2, 0) is 11.2 Å². The molecule has 17 heavy (non-hydrogen) atoms. The van der Waals surface area contributed by atoms with Crippen molar-refractivity contribution in [1.29, 1.82) is 0 Å². The zero-order valence-electron chi connectivity index (χ0n) is 10.4. The highest BCUT2D eigenvalue weighted by Gasteiger charge is 2.34. The largest absolute Gasteiger partial charge is 0.325 e. The van der Waals surface area contributed by atoms with Crippen molar-refractivity contribution in [2.24, 2.45) is 5.73 Å². The number of thiazole rings is 1. The van der Waals surface area contributed by atoms with Crippen LogP contribution in [-0.4, -0.2) is 16.4 Å². The molecule has 1 aromatic heterocycles. The summed E-state index contributed by atoms with van der Waals surface area (Å²) in [6, 6.07) is 0. The van der Waals surface area contributed by atoms with Crippen molar-refractivity contribution in [1.82, 2.24) is 4.98 Å². The fraction of sp³-hybridized carbons (Fsp3) is 0.667. The van der Waals surface area contributed by atoms with E-state index in [2.05, 4.69) is 17.2 Å². The molecule has 1 amide bonds. The van der Waals surface area contributed by atoms with Crippen LogP contribution in [0.3, 0.4) is 0 Å². The van der Waals surface area contributed by atoms with Crippen molar-refractivity contribution >= 4 is 22.4 Å². The van der Waals surface area contributed by atoms with Crippen LogP contribution in [0.1, 0.15) is 43.2 Å². The van der Waals surface area contributed by atoms with Gasteiger partial charge in [-0.2, -0.15) is 0 Å². The van der Waals surface area contributed by atoms with Gasteiger partial charge in [-0.05, 0) is 32.6 Å². The molecule has 2 rings (SSSR count). The molecule has 0 spiro atoms. The van der Waals surface area contributed by atoms with E-state index in [-0.39, 0.29) is 11.4 Å². The minimum Gasteiger partial charge on any atom is -0.325 e. The van der Waals surface area contributed by atoms with Crippen LogP contribution in [0.4, 0.5) is 5.13 Å². The first-order valence-corrected chi connectivity index (χ1v) is 6.89. The Balaban J connectivity index is 1.93. The van der Waals surface area contributed by atoms with E-state index in [1.54, 1.807) is 0 Å². The SMILES string of the molecule is CCc1nc(NC(=O)CC2(N)CCC2)sc1C. The third kappa shape index (κ3) is 2.84. The standard InChI is InChI=1S/C12H19N3OS/c1-3-9-8(2)17-11(14-9)15-10(16)7-12(13)5-4-6-12/h3-7,13H2,1-2H3,(H,14,15,16). The van der Waals surface area contributed by atoms with Crippen molar-refractivity contribution in [3.8, 4) is 0 Å². The summed E-state index contributed by atoms with van der Waals surface area (Å²) in [6.45, 7) is 4.10. The summed E-state index contributed by atoms with van der Waals surface area (Å²) in [4.78, 5) is 17.4. The van der Waals surface area contributed by atoms with Gasteiger partial charge in [0.2, 0.25) is 5.91 Å². The molecule has 3 N–H and O–H groups in total. The predicted molar refractivity (Wildman–Crippen MR) is 70.2 cm³/mol. The number of hydrogen-bond acceptors (Lipinski definition) is 4. The van der Waals surface area contributed by atoms with Crippen LogP contribution in [0.2, 0.25) is 0 Å². The Labute approximate surface area is 106 Å². The molecule has 1 saturated carbocycles. The van der Waals surface area contributed by atoms with E-state index in [0.717, 1.165) is 31.4 Å². The molecular weight excluding hydrogens is 234 g/mol. The molecule has 0 aliphatic heterocycles. The summed E-state index contributed by atoms with van der Waals surface area (Å²) in [5.74, 6) is -0.0106. The first-order valence-electron chi connectivity index (χ1n) is 6.07. The van der Waals surface area contributed by atoms with E-state index in [1.807, 2.05) is 6.92 Å². The van der Waals surface area contributed by atoms with E-state index >= 15 is 0 Å². The van der Waals surface area contributed by atoms with E-state index < -0.39 is 0 Å². The van der Waals surface area contributed by atoms with Crippen molar-refractivity contribution < 1.29 is 4.79 Å². The molecule has 0 aromatic carbocycles. The maximum atomic E-state index is 11.8. The molecule has 0 unspecified atom stereocenters. The molecule has 1 aliphatic carbocycles. The van der Waals surface area contributed by atoms with E-state index in [1.165, 1.54) is 16.2 Å². The second-order valence-corrected chi connectivity index (χ2v) is 6.02. The predicted octanol–water partition coefficient (Wildman–Crippen LogP) is 2.22. The van der Waals surface area contributed by atoms with Crippen molar-refractivity contribution in [2.75, 3.05) is 5.32 Å². The quantitative estimate of drug-likeness (QED) is 0.864. The highest BCUT2D eigenvalue weighted by atomic mass is 32.1. The van der Waals surface area contributed by atoms with E-state index in [4.69, 9.17) is 5.73 Å². The van der Waals surface area contributed by atoms with Crippen LogP contribution in [0.15, 0.2) is 0 Å². The number of nitrogens with zero attached hydrogens (tertiary/aromatic N) is 1. The molecule has 0 saturated heterocycles. The summed E-state index contributed by atoms with van der Waals surface area (Å²) in [5, 5.41) is 3.55. The van der Waals surface area contributed by atoms with Gasteiger partial charge >= 0.3 is 0 Å². The number of aromatic nitrogens is 1. The number of nitrogens with two attached hydrogens (primary N) is 1. The first kappa shape index (κ1) is 12.5. The lowest BCUT2D eigenvalue weighted by molar-refractivity contribution is -0.118. The van der Waals surface area contributed by atoms with E-state index in [0.29, 0.717) is 11.6 Å². The minimum atomic E-state index is -0.260. The number of hydrogen-bond donors (Lipinski definition) is 2. The molecule has 1 fully saturated rings.